The second kappa shape index (κ2) is 32.8. The Kier molecular flexibility index (Phi) is 27.5. The molecule has 0 spiro atoms. The average Bonchev–Trinajstić information content (AvgIpc) is 3.47. The number of amides is 1. The molecular weight excluding hydrogens is 1000 g/mol. The molecule has 1 amide bonds. The monoisotopic (exact) mass is 1100 g/mol. The van der Waals surface area contributed by atoms with Gasteiger partial charge < -0.3 is 53.4 Å². The van der Waals surface area contributed by atoms with E-state index in [1.54, 1.807) is 34.0 Å². The van der Waals surface area contributed by atoms with Crippen molar-refractivity contribution in [3.05, 3.63) is 47.6 Å². The Bertz CT molecular complexity index is 2040. The normalized spacial score (nSPS) is 37.1. The minimum atomic E-state index is -2.47. The van der Waals surface area contributed by atoms with E-state index < -0.39 is 77.8 Å². The zero-order valence-electron chi connectivity index (χ0n) is 48.7. The molecule has 0 aromatic heterocycles. The van der Waals surface area contributed by atoms with Gasteiger partial charge in [-0.3, -0.25) is 24.1 Å². The minimum absolute atomic E-state index is 0.00281. The van der Waals surface area contributed by atoms with E-state index in [0.717, 1.165) is 64.1 Å². The Balaban J connectivity index is 1.42. The maximum absolute atomic E-state index is 14.7. The van der Waals surface area contributed by atoms with Gasteiger partial charge in [0.25, 0.3) is 11.7 Å². The van der Waals surface area contributed by atoms with Crippen molar-refractivity contribution < 1.29 is 72.5 Å². The van der Waals surface area contributed by atoms with Gasteiger partial charge in [-0.1, -0.05) is 71.1 Å². The van der Waals surface area contributed by atoms with Crippen LogP contribution in [0, 0.1) is 35.5 Å². The lowest BCUT2D eigenvalue weighted by molar-refractivity contribution is -0.266. The molecule has 4 fully saturated rings. The van der Waals surface area contributed by atoms with Crippen LogP contribution in [0.4, 0.5) is 0 Å². The number of Topliss-reactive ketones (excluding diaryl/α,β-unsaturated/α-hetero) is 3. The molecule has 0 aromatic rings. The number of nitrogens with zero attached hydrogens (tertiary/aromatic N) is 2. The number of unbranched alkanes of at least 4 members (excludes halogenated alkanes) is 1. The molecule has 2 bridgehead atoms. The molecule has 17 heteroatoms. The van der Waals surface area contributed by atoms with E-state index in [1.165, 1.54) is 12.0 Å². The summed E-state index contributed by atoms with van der Waals surface area (Å²) in [6.07, 6.45) is 14.4. The van der Waals surface area contributed by atoms with Crippen LogP contribution in [0.3, 0.4) is 0 Å². The number of aliphatic hydroxyl groups excluding tert-OH is 2. The fourth-order valence-electron chi connectivity index (χ4n) is 12.0. The molecule has 1 unspecified atom stereocenters. The van der Waals surface area contributed by atoms with E-state index in [9.17, 15) is 39.3 Å². The van der Waals surface area contributed by atoms with Crippen molar-refractivity contribution in [2.75, 3.05) is 73.4 Å². The van der Waals surface area contributed by atoms with Crippen molar-refractivity contribution in [1.29, 1.82) is 0 Å². The summed E-state index contributed by atoms with van der Waals surface area (Å²) in [4.78, 5) is 75.5. The summed E-state index contributed by atoms with van der Waals surface area (Å²) in [5.41, 5.74) is 1.26. The highest BCUT2D eigenvalue weighted by Crippen LogP contribution is 2.38. The van der Waals surface area contributed by atoms with Gasteiger partial charge in [0.05, 0.1) is 37.6 Å². The number of hydrogen-bond donors (Lipinski definition) is 3. The second-order valence-electron chi connectivity index (χ2n) is 23.3. The lowest BCUT2D eigenvalue weighted by Gasteiger charge is -2.43. The van der Waals surface area contributed by atoms with Gasteiger partial charge in [0.15, 0.2) is 5.78 Å². The van der Waals surface area contributed by atoms with Crippen molar-refractivity contribution in [3.63, 3.8) is 0 Å². The number of methoxy groups -OCH3 is 2. The number of aliphatic hydroxyl groups is 3. The molecule has 0 radical (unpaired) electrons. The Labute approximate surface area is 465 Å². The van der Waals surface area contributed by atoms with Crippen molar-refractivity contribution in [1.82, 2.24) is 9.80 Å². The van der Waals surface area contributed by atoms with Crippen LogP contribution in [0.1, 0.15) is 145 Å². The summed E-state index contributed by atoms with van der Waals surface area (Å²) in [6, 6.07) is -1.15. The molecule has 5 aliphatic rings. The standard InChI is InChI=1S/C61H98N2O15/c1-40-18-11-10-12-19-41(2)52(76-30-16-15-29-64)38-48-23-21-46(7)61(71,78-48)58(68)59(69)63-26-14-13-20-49(63)60(70)77-53(39-50(65)42(3)35-45(6)56(67)57(73-9)55(66)44(5)34-40)43(4)36-47-22-24-51(54(37-47)72-8)75-31-17-25-62-27-32-74-33-28-62/h10-12,18-19,35,40,42-44,46-49,51-54,56-57,64,67,71H,13-17,20-34,36-39H2,1-9H3/b12-10+,18-11+,41-19+,45-35+/t40-,42-,43-,44-,46-,47+,48+,49?,51-,52-,53+,54-,56-,57+,61-/m1/s1. The van der Waals surface area contributed by atoms with Gasteiger partial charge in [-0.25, -0.2) is 4.79 Å². The highest BCUT2D eigenvalue weighted by Gasteiger charge is 2.53. The lowest BCUT2D eigenvalue weighted by atomic mass is 9.78. The number of hydrogen-bond acceptors (Lipinski definition) is 16. The topological polar surface area (TPSA) is 217 Å². The highest BCUT2D eigenvalue weighted by molar-refractivity contribution is 6.39. The smallest absolute Gasteiger partial charge is 0.329 e. The quantitative estimate of drug-likeness (QED) is 0.0647. The number of cyclic esters (lactones) is 1. The molecule has 3 N–H and O–H groups in total. The molecule has 17 nitrogen and oxygen atoms in total. The molecule has 1 aliphatic carbocycles. The van der Waals surface area contributed by atoms with Crippen molar-refractivity contribution in [2.45, 2.75) is 199 Å². The van der Waals surface area contributed by atoms with Gasteiger partial charge in [0, 0.05) is 90.8 Å². The number of ketones is 3. The summed E-state index contributed by atoms with van der Waals surface area (Å²) < 4.78 is 42.6. The van der Waals surface area contributed by atoms with E-state index in [0.29, 0.717) is 70.2 Å². The first kappa shape index (κ1) is 65.3. The number of rotatable bonds is 15. The predicted octanol–water partition coefficient (Wildman–Crippen LogP) is 7.07. The Morgan fingerprint density at radius 2 is 1.55 bits per heavy atom. The molecule has 5 rings (SSSR count). The SMILES string of the molecule is CO[C@@H]1C[C@H](C[C@@H](C)[C@@H]2CC(=O)[C@H](C)/C=C(\C)[C@@H](O)[C@@H](OC)C(=O)[C@H](C)C[C@H](C)/C=C/C=C/C=C(\C)[C@H](OCCCCO)C[C@@H]3CC[C@@H](C)[C@@](O)(O3)C(=O)C(=O)N3CCCCC3C(=O)O2)CC[C@H]1OCCCN1CCOCC1. The summed E-state index contributed by atoms with van der Waals surface area (Å²) in [5.74, 6) is -7.99. The van der Waals surface area contributed by atoms with Gasteiger partial charge in [-0.15, -0.1) is 0 Å². The second-order valence-corrected chi connectivity index (χ2v) is 23.3. The number of esters is 1. The fraction of sp³-hybridized carbons (Fsp3) is 0.787. The van der Waals surface area contributed by atoms with Crippen molar-refractivity contribution in [2.24, 2.45) is 35.5 Å². The summed E-state index contributed by atoms with van der Waals surface area (Å²) in [7, 11) is 3.09. The number of carbonyl (C=O) groups is 5. The first-order chi connectivity index (χ1) is 37.3. The first-order valence-electron chi connectivity index (χ1n) is 29.4. The van der Waals surface area contributed by atoms with Crippen LogP contribution in [0.5, 0.6) is 0 Å². The fourth-order valence-corrected chi connectivity index (χ4v) is 12.0. The number of piperidine rings is 1. The molecule has 0 aromatic carbocycles. The van der Waals surface area contributed by atoms with E-state index in [-0.39, 0.29) is 73.9 Å². The number of carbonyl (C=O) groups excluding carboxylic acids is 5. The van der Waals surface area contributed by atoms with Crippen LogP contribution >= 0.6 is 0 Å². The zero-order valence-corrected chi connectivity index (χ0v) is 48.7. The van der Waals surface area contributed by atoms with Crippen LogP contribution in [0.25, 0.3) is 0 Å². The zero-order chi connectivity index (χ0) is 56.9. The maximum Gasteiger partial charge on any atom is 0.329 e. The van der Waals surface area contributed by atoms with Crippen LogP contribution in [-0.2, 0) is 57.1 Å². The Morgan fingerprint density at radius 3 is 2.27 bits per heavy atom. The third kappa shape index (κ3) is 19.1. The van der Waals surface area contributed by atoms with Crippen LogP contribution < -0.4 is 0 Å². The van der Waals surface area contributed by atoms with Gasteiger partial charge in [0.2, 0.25) is 5.79 Å². The van der Waals surface area contributed by atoms with Gasteiger partial charge >= 0.3 is 5.97 Å². The number of morpholine rings is 1. The van der Waals surface area contributed by atoms with Gasteiger partial charge in [-0.05, 0) is 126 Å². The van der Waals surface area contributed by atoms with Gasteiger partial charge in [-0.2, -0.15) is 0 Å². The lowest BCUT2D eigenvalue weighted by Crippen LogP contribution is -2.61. The largest absolute Gasteiger partial charge is 0.460 e. The third-order valence-corrected chi connectivity index (χ3v) is 17.1. The highest BCUT2D eigenvalue weighted by atomic mass is 16.6. The Hall–Kier alpha value is -3.49. The van der Waals surface area contributed by atoms with E-state index in [1.807, 2.05) is 58.1 Å². The third-order valence-electron chi connectivity index (χ3n) is 17.1. The number of fused-ring (bicyclic) bond motifs is 3. The molecule has 4 heterocycles. The van der Waals surface area contributed by atoms with Gasteiger partial charge in [0.1, 0.15) is 30.1 Å². The van der Waals surface area contributed by atoms with Crippen molar-refractivity contribution in [3.8, 4) is 0 Å². The summed E-state index contributed by atoms with van der Waals surface area (Å²) >= 11 is 0. The van der Waals surface area contributed by atoms with Crippen LogP contribution in [0.2, 0.25) is 0 Å². The average molecular weight is 1100 g/mol. The molecule has 3 saturated heterocycles. The molecule has 15 atom stereocenters. The maximum atomic E-state index is 14.7. The van der Waals surface area contributed by atoms with E-state index in [2.05, 4.69) is 4.90 Å². The number of allylic oxidation sites excluding steroid dienone is 6. The molecule has 442 valence electrons. The predicted molar refractivity (Wildman–Crippen MR) is 296 cm³/mol. The minimum Gasteiger partial charge on any atom is -0.460 e. The summed E-state index contributed by atoms with van der Waals surface area (Å²) in [6.45, 7) is 18.2. The van der Waals surface area contributed by atoms with Crippen molar-refractivity contribution >= 4 is 29.2 Å². The van der Waals surface area contributed by atoms with Crippen LogP contribution in [0.15, 0.2) is 47.6 Å². The Morgan fingerprint density at radius 1 is 0.808 bits per heavy atom. The molecule has 78 heavy (non-hydrogen) atoms. The molecule has 1 saturated carbocycles. The first-order valence-corrected chi connectivity index (χ1v) is 29.4. The van der Waals surface area contributed by atoms with E-state index in [4.69, 9.17) is 33.2 Å². The van der Waals surface area contributed by atoms with Crippen LogP contribution in [-0.4, -0.2) is 182 Å². The molecule has 4 aliphatic heterocycles. The number of ether oxygens (including phenoxy) is 7. The molecular formula is C61H98N2O15. The van der Waals surface area contributed by atoms with E-state index >= 15 is 0 Å². The summed E-state index contributed by atoms with van der Waals surface area (Å²) in [5, 5.41) is 33.2.